The number of amides is 1. The van der Waals surface area contributed by atoms with Crippen LogP contribution in [0.5, 0.6) is 0 Å². The molecule has 0 bridgehead atoms. The van der Waals surface area contributed by atoms with E-state index in [2.05, 4.69) is 15.5 Å². The molecule has 2 aromatic carbocycles. The number of carbonyl (C=O) groups excluding carboxylic acids is 2. The van der Waals surface area contributed by atoms with Gasteiger partial charge in [0.15, 0.2) is 6.61 Å². The first-order valence-electron chi connectivity index (χ1n) is 8.51. The summed E-state index contributed by atoms with van der Waals surface area (Å²) >= 11 is 0. The second-order valence-electron chi connectivity index (χ2n) is 5.97. The first kappa shape index (κ1) is 18.3. The number of nitrogens with one attached hydrogen (secondary N) is 1. The standard InChI is InChI=1S/C20H19N3O4/c1-14(21-19(25)15-8-4-2-5-9-15)12-18(24)26-13-17-22-23-20(27-17)16-10-6-3-7-11-16/h2-11,14H,12-13H2,1H3,(H,21,25). The number of rotatable bonds is 7. The molecule has 1 N–H and O–H groups in total. The Labute approximate surface area is 156 Å². The number of benzene rings is 2. The van der Waals surface area contributed by atoms with Crippen LogP contribution in [0, 0.1) is 0 Å². The Hall–Kier alpha value is -3.48. The molecule has 0 fully saturated rings. The first-order valence-corrected chi connectivity index (χ1v) is 8.51. The van der Waals surface area contributed by atoms with Gasteiger partial charge in [0.1, 0.15) is 0 Å². The lowest BCUT2D eigenvalue weighted by molar-refractivity contribution is -0.146. The third-order valence-electron chi connectivity index (χ3n) is 3.73. The van der Waals surface area contributed by atoms with Crippen molar-refractivity contribution in [3.8, 4) is 11.5 Å². The number of nitrogens with zero attached hydrogens (tertiary/aromatic N) is 2. The maximum absolute atomic E-state index is 12.1. The SMILES string of the molecule is CC(CC(=O)OCc1nnc(-c2ccccc2)o1)NC(=O)c1ccccc1. The van der Waals surface area contributed by atoms with Crippen molar-refractivity contribution in [1.29, 1.82) is 0 Å². The average molecular weight is 365 g/mol. The Bertz CT molecular complexity index is 894. The van der Waals surface area contributed by atoms with Gasteiger partial charge in [0.2, 0.25) is 5.89 Å². The normalized spacial score (nSPS) is 11.6. The molecule has 0 aliphatic heterocycles. The summed E-state index contributed by atoms with van der Waals surface area (Å²) in [4.78, 5) is 24.0. The smallest absolute Gasteiger partial charge is 0.308 e. The van der Waals surface area contributed by atoms with E-state index in [1.54, 1.807) is 31.2 Å². The maximum atomic E-state index is 12.1. The van der Waals surface area contributed by atoms with Crippen molar-refractivity contribution in [3.05, 3.63) is 72.1 Å². The zero-order valence-corrected chi connectivity index (χ0v) is 14.8. The van der Waals surface area contributed by atoms with E-state index in [9.17, 15) is 9.59 Å². The van der Waals surface area contributed by atoms with Crippen LogP contribution in [0.2, 0.25) is 0 Å². The van der Waals surface area contributed by atoms with E-state index in [-0.39, 0.29) is 30.9 Å². The highest BCUT2D eigenvalue weighted by Crippen LogP contribution is 2.17. The summed E-state index contributed by atoms with van der Waals surface area (Å²) in [6.07, 6.45) is 0.0399. The van der Waals surface area contributed by atoms with E-state index >= 15 is 0 Å². The Kier molecular flexibility index (Phi) is 5.94. The van der Waals surface area contributed by atoms with Crippen LogP contribution in [0.15, 0.2) is 65.1 Å². The largest absolute Gasteiger partial charge is 0.456 e. The minimum Gasteiger partial charge on any atom is -0.456 e. The molecule has 3 rings (SSSR count). The molecular weight excluding hydrogens is 346 g/mol. The van der Waals surface area contributed by atoms with E-state index < -0.39 is 5.97 Å². The molecule has 27 heavy (non-hydrogen) atoms. The minimum atomic E-state index is -0.463. The fourth-order valence-electron chi connectivity index (χ4n) is 2.41. The van der Waals surface area contributed by atoms with Gasteiger partial charge in [0.05, 0.1) is 6.42 Å². The predicted molar refractivity (Wildman–Crippen MR) is 97.5 cm³/mol. The van der Waals surface area contributed by atoms with Crippen LogP contribution < -0.4 is 5.32 Å². The molecule has 1 atom stereocenters. The molecule has 1 amide bonds. The summed E-state index contributed by atoms with van der Waals surface area (Å²) in [5.74, 6) is -0.121. The highest BCUT2D eigenvalue weighted by molar-refractivity contribution is 5.94. The van der Waals surface area contributed by atoms with Crippen LogP contribution in [0.4, 0.5) is 0 Å². The third kappa shape index (κ3) is 5.24. The molecule has 0 radical (unpaired) electrons. The number of hydrogen-bond donors (Lipinski definition) is 1. The van der Waals surface area contributed by atoms with Crippen molar-refractivity contribution in [2.45, 2.75) is 26.0 Å². The van der Waals surface area contributed by atoms with Gasteiger partial charge in [0, 0.05) is 17.2 Å². The van der Waals surface area contributed by atoms with Crippen LogP contribution in [-0.4, -0.2) is 28.1 Å². The molecule has 7 heteroatoms. The van der Waals surface area contributed by atoms with Crippen molar-refractivity contribution in [2.75, 3.05) is 0 Å². The van der Waals surface area contributed by atoms with Gasteiger partial charge in [-0.05, 0) is 31.2 Å². The Morgan fingerprint density at radius 1 is 1.04 bits per heavy atom. The summed E-state index contributed by atoms with van der Waals surface area (Å²) in [5, 5.41) is 10.6. The van der Waals surface area contributed by atoms with Gasteiger partial charge in [0.25, 0.3) is 11.8 Å². The Morgan fingerprint density at radius 2 is 1.70 bits per heavy atom. The second kappa shape index (κ2) is 8.75. The van der Waals surface area contributed by atoms with E-state index in [1.165, 1.54) is 0 Å². The van der Waals surface area contributed by atoms with E-state index in [4.69, 9.17) is 9.15 Å². The molecule has 1 unspecified atom stereocenters. The van der Waals surface area contributed by atoms with Crippen molar-refractivity contribution >= 4 is 11.9 Å². The number of hydrogen-bond acceptors (Lipinski definition) is 6. The number of ether oxygens (including phenoxy) is 1. The molecule has 0 aliphatic rings. The average Bonchev–Trinajstić information content (AvgIpc) is 3.17. The maximum Gasteiger partial charge on any atom is 0.308 e. The fourth-order valence-corrected chi connectivity index (χ4v) is 2.41. The predicted octanol–water partition coefficient (Wildman–Crippen LogP) is 2.99. The van der Waals surface area contributed by atoms with Crippen molar-refractivity contribution in [2.24, 2.45) is 0 Å². The van der Waals surface area contributed by atoms with Gasteiger partial charge in [-0.2, -0.15) is 0 Å². The quantitative estimate of drug-likeness (QED) is 0.647. The van der Waals surface area contributed by atoms with Gasteiger partial charge in [-0.15, -0.1) is 10.2 Å². The lowest BCUT2D eigenvalue weighted by atomic mass is 10.2. The highest BCUT2D eigenvalue weighted by Gasteiger charge is 2.15. The summed E-state index contributed by atoms with van der Waals surface area (Å²) < 4.78 is 10.6. The topological polar surface area (TPSA) is 94.3 Å². The van der Waals surface area contributed by atoms with Crippen LogP contribution >= 0.6 is 0 Å². The van der Waals surface area contributed by atoms with Crippen molar-refractivity contribution in [1.82, 2.24) is 15.5 Å². The van der Waals surface area contributed by atoms with Crippen molar-refractivity contribution < 1.29 is 18.7 Å². The number of carbonyl (C=O) groups is 2. The van der Waals surface area contributed by atoms with Crippen LogP contribution in [0.3, 0.4) is 0 Å². The summed E-state index contributed by atoms with van der Waals surface area (Å²) in [6.45, 7) is 1.63. The Morgan fingerprint density at radius 3 is 2.41 bits per heavy atom. The molecule has 3 aromatic rings. The van der Waals surface area contributed by atoms with Gasteiger partial charge < -0.3 is 14.5 Å². The van der Waals surface area contributed by atoms with Gasteiger partial charge in [-0.3, -0.25) is 9.59 Å². The highest BCUT2D eigenvalue weighted by atomic mass is 16.5. The van der Waals surface area contributed by atoms with Gasteiger partial charge in [-0.25, -0.2) is 0 Å². The Balaban J connectivity index is 1.46. The van der Waals surface area contributed by atoms with Gasteiger partial charge in [-0.1, -0.05) is 36.4 Å². The lowest BCUT2D eigenvalue weighted by Gasteiger charge is -2.13. The lowest BCUT2D eigenvalue weighted by Crippen LogP contribution is -2.34. The molecule has 0 saturated heterocycles. The number of aromatic nitrogens is 2. The van der Waals surface area contributed by atoms with E-state index in [0.29, 0.717) is 11.5 Å². The van der Waals surface area contributed by atoms with E-state index in [1.807, 2.05) is 36.4 Å². The van der Waals surface area contributed by atoms with E-state index in [0.717, 1.165) is 5.56 Å². The third-order valence-corrected chi connectivity index (χ3v) is 3.73. The molecular formula is C20H19N3O4. The summed E-state index contributed by atoms with van der Waals surface area (Å²) in [5.41, 5.74) is 1.33. The molecule has 0 spiro atoms. The monoisotopic (exact) mass is 365 g/mol. The summed E-state index contributed by atoms with van der Waals surface area (Å²) in [6, 6.07) is 17.8. The molecule has 138 valence electrons. The number of esters is 1. The zero-order valence-electron chi connectivity index (χ0n) is 14.8. The fraction of sp³-hybridized carbons (Fsp3) is 0.200. The molecule has 0 aliphatic carbocycles. The first-order chi connectivity index (χ1) is 13.1. The summed E-state index contributed by atoms with van der Waals surface area (Å²) in [7, 11) is 0. The van der Waals surface area contributed by atoms with Crippen LogP contribution in [-0.2, 0) is 16.1 Å². The molecule has 1 heterocycles. The molecule has 7 nitrogen and oxygen atoms in total. The zero-order chi connectivity index (χ0) is 19.1. The van der Waals surface area contributed by atoms with Crippen LogP contribution in [0.1, 0.15) is 29.6 Å². The second-order valence-corrected chi connectivity index (χ2v) is 5.97. The molecule has 0 saturated carbocycles. The minimum absolute atomic E-state index is 0.0399. The van der Waals surface area contributed by atoms with Crippen LogP contribution in [0.25, 0.3) is 11.5 Å². The van der Waals surface area contributed by atoms with Gasteiger partial charge >= 0.3 is 5.97 Å². The molecule has 1 aromatic heterocycles. The van der Waals surface area contributed by atoms with Crippen molar-refractivity contribution in [3.63, 3.8) is 0 Å².